The molecule has 0 radical (unpaired) electrons. The van der Waals surface area contributed by atoms with Gasteiger partial charge in [0.25, 0.3) is 0 Å². The van der Waals surface area contributed by atoms with Gasteiger partial charge in [-0.3, -0.25) is 0 Å². The molecule has 0 bridgehead atoms. The van der Waals surface area contributed by atoms with Gasteiger partial charge in [0.05, 0.1) is 4.47 Å². The first-order chi connectivity index (χ1) is 7.68. The van der Waals surface area contributed by atoms with Gasteiger partial charge >= 0.3 is 0 Å². The van der Waals surface area contributed by atoms with Crippen molar-refractivity contribution in [1.29, 1.82) is 0 Å². The predicted molar refractivity (Wildman–Crippen MR) is 63.1 cm³/mol. The van der Waals surface area contributed by atoms with Crippen molar-refractivity contribution in [3.05, 3.63) is 46.0 Å². The van der Waals surface area contributed by atoms with E-state index in [1.165, 1.54) is 12.1 Å². The lowest BCUT2D eigenvalue weighted by Gasteiger charge is -2.13. The van der Waals surface area contributed by atoms with E-state index >= 15 is 0 Å². The summed E-state index contributed by atoms with van der Waals surface area (Å²) in [6, 6.07) is 2.96. The lowest BCUT2D eigenvalue weighted by atomic mass is 10.1. The highest BCUT2D eigenvalue weighted by atomic mass is 79.9. The molecule has 16 heavy (non-hydrogen) atoms. The number of rotatable bonds is 3. The molecule has 0 aliphatic heterocycles. The van der Waals surface area contributed by atoms with E-state index in [9.17, 15) is 8.78 Å². The Bertz CT molecular complexity index is 410. The van der Waals surface area contributed by atoms with Crippen molar-refractivity contribution in [2.75, 3.05) is 0 Å². The number of hydrogen-bond acceptors (Lipinski definition) is 1. The van der Waals surface area contributed by atoms with Crippen LogP contribution in [-0.2, 0) is 6.54 Å². The van der Waals surface area contributed by atoms with Gasteiger partial charge in [-0.05, 0) is 40.9 Å². The number of nitrogens with one attached hydrogen (secondary N) is 1. The second-order valence-electron chi connectivity index (χ2n) is 3.84. The van der Waals surface area contributed by atoms with Crippen LogP contribution in [0.25, 0.3) is 0 Å². The van der Waals surface area contributed by atoms with Crippen LogP contribution in [0.5, 0.6) is 0 Å². The van der Waals surface area contributed by atoms with Crippen LogP contribution in [0.4, 0.5) is 8.78 Å². The summed E-state index contributed by atoms with van der Waals surface area (Å²) in [5.74, 6) is -1.02. The zero-order valence-electron chi connectivity index (χ0n) is 8.64. The summed E-state index contributed by atoms with van der Waals surface area (Å²) in [6.07, 6.45) is 6.01. The van der Waals surface area contributed by atoms with Crippen molar-refractivity contribution < 1.29 is 8.78 Å². The third kappa shape index (κ3) is 2.50. The molecular formula is C12H12BrF2N. The van der Waals surface area contributed by atoms with Gasteiger partial charge in [-0.2, -0.15) is 0 Å². The second kappa shape index (κ2) is 5.06. The van der Waals surface area contributed by atoms with Gasteiger partial charge in [-0.1, -0.05) is 12.2 Å². The fourth-order valence-corrected chi connectivity index (χ4v) is 2.13. The normalized spacial score (nSPS) is 15.9. The van der Waals surface area contributed by atoms with Crippen LogP contribution in [0.1, 0.15) is 18.4 Å². The smallest absolute Gasteiger partial charge is 0.144 e. The molecule has 1 aromatic rings. The molecule has 0 fully saturated rings. The second-order valence-corrected chi connectivity index (χ2v) is 4.70. The lowest BCUT2D eigenvalue weighted by molar-refractivity contribution is 0.492. The third-order valence-corrected chi connectivity index (χ3v) is 3.33. The Hall–Kier alpha value is -0.740. The third-order valence-electron chi connectivity index (χ3n) is 2.71. The number of halogens is 3. The van der Waals surface area contributed by atoms with Gasteiger partial charge in [-0.25, -0.2) is 8.78 Å². The SMILES string of the molecule is Fc1ccc(Br)c(F)c1CNC1CC=CC1. The molecule has 0 saturated carbocycles. The molecule has 1 aromatic carbocycles. The van der Waals surface area contributed by atoms with Crippen molar-refractivity contribution in [3.63, 3.8) is 0 Å². The monoisotopic (exact) mass is 287 g/mol. The zero-order chi connectivity index (χ0) is 11.5. The van der Waals surface area contributed by atoms with E-state index in [1.54, 1.807) is 0 Å². The average Bonchev–Trinajstić information content (AvgIpc) is 2.77. The van der Waals surface area contributed by atoms with Crippen molar-refractivity contribution >= 4 is 15.9 Å². The van der Waals surface area contributed by atoms with Crippen LogP contribution in [0.15, 0.2) is 28.8 Å². The van der Waals surface area contributed by atoms with Gasteiger partial charge in [0.2, 0.25) is 0 Å². The van der Waals surface area contributed by atoms with Gasteiger partial charge in [0, 0.05) is 18.2 Å². The molecule has 1 nitrogen and oxygen atoms in total. The lowest BCUT2D eigenvalue weighted by Crippen LogP contribution is -2.26. The Balaban J connectivity index is 2.05. The highest BCUT2D eigenvalue weighted by Gasteiger charge is 2.15. The first-order valence-electron chi connectivity index (χ1n) is 5.19. The molecule has 86 valence electrons. The standard InChI is InChI=1S/C12H12BrF2N/c13-10-5-6-11(14)9(12(10)15)7-16-8-3-1-2-4-8/h1-2,5-6,8,16H,3-4,7H2. The van der Waals surface area contributed by atoms with Crippen LogP contribution < -0.4 is 5.32 Å². The number of benzene rings is 1. The van der Waals surface area contributed by atoms with Crippen LogP contribution in [-0.4, -0.2) is 6.04 Å². The average molecular weight is 288 g/mol. The molecule has 0 spiro atoms. The Morgan fingerprint density at radius 3 is 2.62 bits per heavy atom. The minimum absolute atomic E-state index is 0.0984. The zero-order valence-corrected chi connectivity index (χ0v) is 10.2. The Morgan fingerprint density at radius 2 is 1.94 bits per heavy atom. The maximum Gasteiger partial charge on any atom is 0.144 e. The fraction of sp³-hybridized carbons (Fsp3) is 0.333. The first-order valence-corrected chi connectivity index (χ1v) is 5.98. The van der Waals surface area contributed by atoms with E-state index in [0.29, 0.717) is 10.5 Å². The molecule has 0 unspecified atom stereocenters. The molecule has 1 aliphatic rings. The molecule has 1 N–H and O–H groups in total. The largest absolute Gasteiger partial charge is 0.309 e. The molecular weight excluding hydrogens is 276 g/mol. The molecule has 0 amide bonds. The topological polar surface area (TPSA) is 12.0 Å². The summed E-state index contributed by atoms with van der Waals surface area (Å²) < 4.78 is 27.3. The fourth-order valence-electron chi connectivity index (χ4n) is 1.76. The van der Waals surface area contributed by atoms with Crippen LogP contribution in [0, 0.1) is 11.6 Å². The Labute approximate surface area is 102 Å². The highest BCUT2D eigenvalue weighted by molar-refractivity contribution is 9.10. The summed E-state index contributed by atoms with van der Waals surface area (Å²) in [5.41, 5.74) is 0.0984. The molecule has 0 saturated heterocycles. The van der Waals surface area contributed by atoms with Crippen molar-refractivity contribution in [2.24, 2.45) is 0 Å². The van der Waals surface area contributed by atoms with E-state index in [-0.39, 0.29) is 12.1 Å². The minimum atomic E-state index is -0.515. The molecule has 1 aliphatic carbocycles. The summed E-state index contributed by atoms with van der Waals surface area (Å²) in [5, 5.41) is 3.14. The van der Waals surface area contributed by atoms with Crippen molar-refractivity contribution in [2.45, 2.75) is 25.4 Å². The van der Waals surface area contributed by atoms with Crippen LogP contribution in [0.3, 0.4) is 0 Å². The van der Waals surface area contributed by atoms with E-state index in [0.717, 1.165) is 12.8 Å². The summed E-state index contributed by atoms with van der Waals surface area (Å²) >= 11 is 3.05. The molecule has 0 atom stereocenters. The molecule has 0 heterocycles. The van der Waals surface area contributed by atoms with E-state index in [1.807, 2.05) is 0 Å². The molecule has 0 aromatic heterocycles. The van der Waals surface area contributed by atoms with Crippen molar-refractivity contribution in [3.8, 4) is 0 Å². The summed E-state index contributed by atoms with van der Waals surface area (Å²) in [4.78, 5) is 0. The van der Waals surface area contributed by atoms with Gasteiger partial charge in [-0.15, -0.1) is 0 Å². The predicted octanol–water partition coefficient (Wildman–Crippen LogP) is 3.54. The van der Waals surface area contributed by atoms with Crippen molar-refractivity contribution in [1.82, 2.24) is 5.32 Å². The minimum Gasteiger partial charge on any atom is -0.309 e. The Morgan fingerprint density at radius 1 is 1.25 bits per heavy atom. The summed E-state index contributed by atoms with van der Waals surface area (Å²) in [7, 11) is 0. The van der Waals surface area contributed by atoms with E-state index < -0.39 is 11.6 Å². The van der Waals surface area contributed by atoms with Crippen LogP contribution in [0.2, 0.25) is 0 Å². The first kappa shape index (κ1) is 11.7. The van der Waals surface area contributed by atoms with E-state index in [2.05, 4.69) is 33.4 Å². The molecule has 2 rings (SSSR count). The van der Waals surface area contributed by atoms with Crippen LogP contribution >= 0.6 is 15.9 Å². The Kier molecular flexibility index (Phi) is 3.71. The maximum atomic E-state index is 13.6. The highest BCUT2D eigenvalue weighted by Crippen LogP contribution is 2.22. The summed E-state index contributed by atoms with van der Waals surface area (Å²) in [6.45, 7) is 0.226. The molecule has 4 heteroatoms. The van der Waals surface area contributed by atoms with E-state index in [4.69, 9.17) is 0 Å². The van der Waals surface area contributed by atoms with Gasteiger partial charge in [0.15, 0.2) is 0 Å². The quantitative estimate of drug-likeness (QED) is 0.662. The maximum absolute atomic E-state index is 13.6. The number of hydrogen-bond donors (Lipinski definition) is 1. The van der Waals surface area contributed by atoms with Gasteiger partial charge < -0.3 is 5.32 Å². The van der Waals surface area contributed by atoms with Gasteiger partial charge in [0.1, 0.15) is 11.6 Å².